The van der Waals surface area contributed by atoms with Crippen molar-refractivity contribution in [3.63, 3.8) is 0 Å². The highest BCUT2D eigenvalue weighted by molar-refractivity contribution is 7.15. The van der Waals surface area contributed by atoms with Crippen LogP contribution in [0.1, 0.15) is 5.56 Å². The van der Waals surface area contributed by atoms with Crippen molar-refractivity contribution in [3.8, 4) is 0 Å². The molecule has 0 aliphatic rings. The number of rotatable bonds is 1. The van der Waals surface area contributed by atoms with E-state index in [1.54, 1.807) is 6.20 Å². The van der Waals surface area contributed by atoms with Gasteiger partial charge in [-0.1, -0.05) is 23.2 Å². The van der Waals surface area contributed by atoms with Crippen LogP contribution in [0, 0.1) is 0 Å². The van der Waals surface area contributed by atoms with Gasteiger partial charge < -0.3 is 0 Å². The third-order valence-electron chi connectivity index (χ3n) is 1.09. The lowest BCUT2D eigenvalue weighted by Gasteiger charge is -1.96. The lowest BCUT2D eigenvalue weighted by Crippen LogP contribution is -1.81. The molecule has 54 valence electrons. The maximum Gasteiger partial charge on any atom is 0.147 e. The normalized spacial score (nSPS) is 9.90. The van der Waals surface area contributed by atoms with Crippen LogP contribution in [0.3, 0.4) is 0 Å². The van der Waals surface area contributed by atoms with Gasteiger partial charge in [0.25, 0.3) is 0 Å². The Bertz CT molecular complexity index is 239. The standard InChI is InChI=1S/C6H6Cl2NP/c7-5-1-4(3-10)2-9-6(5)8/h1-2H,3,10H2. The van der Waals surface area contributed by atoms with Crippen LogP contribution in [-0.4, -0.2) is 4.98 Å². The highest BCUT2D eigenvalue weighted by Gasteiger charge is 1.97. The third-order valence-corrected chi connectivity index (χ3v) is 2.25. The molecule has 1 atom stereocenters. The maximum absolute atomic E-state index is 5.69. The molecule has 1 aromatic heterocycles. The van der Waals surface area contributed by atoms with Crippen LogP contribution >= 0.6 is 32.4 Å². The lowest BCUT2D eigenvalue weighted by atomic mass is 10.3. The molecule has 0 aliphatic carbocycles. The number of hydrogen-bond donors (Lipinski definition) is 0. The largest absolute Gasteiger partial charge is 0.243 e. The van der Waals surface area contributed by atoms with E-state index in [-0.39, 0.29) is 0 Å². The molecule has 1 rings (SSSR count). The molecular weight excluding hydrogens is 188 g/mol. The summed E-state index contributed by atoms with van der Waals surface area (Å²) in [5.74, 6) is 0. The Morgan fingerprint density at radius 1 is 1.50 bits per heavy atom. The zero-order valence-corrected chi connectivity index (χ0v) is 7.81. The molecular formula is C6H6Cl2NP. The van der Waals surface area contributed by atoms with E-state index in [1.807, 2.05) is 6.07 Å². The first kappa shape index (κ1) is 8.26. The van der Waals surface area contributed by atoms with Crippen LogP contribution in [0.4, 0.5) is 0 Å². The summed E-state index contributed by atoms with van der Waals surface area (Å²) in [6, 6.07) is 1.81. The first-order valence-electron chi connectivity index (χ1n) is 2.74. The van der Waals surface area contributed by atoms with Gasteiger partial charge >= 0.3 is 0 Å². The average molecular weight is 194 g/mol. The van der Waals surface area contributed by atoms with Gasteiger partial charge in [0.1, 0.15) is 5.15 Å². The molecule has 0 saturated carbocycles. The Morgan fingerprint density at radius 2 is 2.20 bits per heavy atom. The Hall–Kier alpha value is 0.160. The highest BCUT2D eigenvalue weighted by Crippen LogP contribution is 2.20. The zero-order valence-electron chi connectivity index (χ0n) is 5.14. The smallest absolute Gasteiger partial charge is 0.147 e. The average Bonchev–Trinajstić information content (AvgIpc) is 1.95. The van der Waals surface area contributed by atoms with Crippen LogP contribution < -0.4 is 0 Å². The molecule has 1 heterocycles. The lowest BCUT2D eigenvalue weighted by molar-refractivity contribution is 1.25. The number of nitrogens with zero attached hydrogens (tertiary/aromatic N) is 1. The quantitative estimate of drug-likeness (QED) is 0.494. The van der Waals surface area contributed by atoms with Gasteiger partial charge in [0, 0.05) is 6.20 Å². The summed E-state index contributed by atoms with van der Waals surface area (Å²) >= 11 is 11.3. The molecule has 0 aliphatic heterocycles. The Balaban J connectivity index is 3.04. The van der Waals surface area contributed by atoms with E-state index in [0.717, 1.165) is 11.7 Å². The summed E-state index contributed by atoms with van der Waals surface area (Å²) in [7, 11) is 2.59. The molecule has 0 radical (unpaired) electrons. The number of aromatic nitrogens is 1. The predicted octanol–water partition coefficient (Wildman–Crippen LogP) is 2.76. The van der Waals surface area contributed by atoms with E-state index < -0.39 is 0 Å². The fourth-order valence-corrected chi connectivity index (χ4v) is 1.09. The molecule has 4 heteroatoms. The highest BCUT2D eigenvalue weighted by atomic mass is 35.5. The summed E-state index contributed by atoms with van der Waals surface area (Å²) in [4.78, 5) is 3.87. The van der Waals surface area contributed by atoms with Gasteiger partial charge in [-0.15, -0.1) is 9.24 Å². The fraction of sp³-hybridized carbons (Fsp3) is 0.167. The van der Waals surface area contributed by atoms with Crippen LogP contribution in [0.2, 0.25) is 10.2 Å². The molecule has 10 heavy (non-hydrogen) atoms. The van der Waals surface area contributed by atoms with Gasteiger partial charge in [-0.2, -0.15) is 0 Å². The van der Waals surface area contributed by atoms with Crippen molar-refractivity contribution < 1.29 is 0 Å². The molecule has 1 unspecified atom stereocenters. The summed E-state index contributed by atoms with van der Waals surface area (Å²) in [6.45, 7) is 0. The van der Waals surface area contributed by atoms with E-state index in [0.29, 0.717) is 10.2 Å². The van der Waals surface area contributed by atoms with Gasteiger partial charge in [0.15, 0.2) is 0 Å². The van der Waals surface area contributed by atoms with Gasteiger partial charge in [-0.25, -0.2) is 4.98 Å². The van der Waals surface area contributed by atoms with Crippen LogP contribution in [0.25, 0.3) is 0 Å². The molecule has 1 aromatic rings. The molecule has 0 bridgehead atoms. The Labute approximate surface area is 72.0 Å². The van der Waals surface area contributed by atoms with Crippen molar-refractivity contribution in [2.75, 3.05) is 0 Å². The third kappa shape index (κ3) is 1.82. The predicted molar refractivity (Wildman–Crippen MR) is 47.7 cm³/mol. The number of pyridine rings is 1. The minimum absolute atomic E-state index is 0.365. The molecule has 0 N–H and O–H groups in total. The molecule has 0 saturated heterocycles. The Kier molecular flexibility index (Phi) is 2.91. The van der Waals surface area contributed by atoms with Crippen molar-refractivity contribution in [2.24, 2.45) is 0 Å². The van der Waals surface area contributed by atoms with Gasteiger partial charge in [0.2, 0.25) is 0 Å². The maximum atomic E-state index is 5.69. The van der Waals surface area contributed by atoms with Gasteiger partial charge in [0.05, 0.1) is 5.02 Å². The SMILES string of the molecule is PCc1cnc(Cl)c(Cl)c1. The molecule has 1 nitrogen and oxygen atoms in total. The van der Waals surface area contributed by atoms with Gasteiger partial charge in [-0.3, -0.25) is 0 Å². The van der Waals surface area contributed by atoms with Crippen LogP contribution in [-0.2, 0) is 6.16 Å². The van der Waals surface area contributed by atoms with Crippen molar-refractivity contribution >= 4 is 32.4 Å². The summed E-state index contributed by atoms with van der Waals surface area (Å²) < 4.78 is 0. The minimum Gasteiger partial charge on any atom is -0.243 e. The first-order valence-corrected chi connectivity index (χ1v) is 4.31. The minimum atomic E-state index is 0.365. The van der Waals surface area contributed by atoms with Crippen molar-refractivity contribution in [2.45, 2.75) is 6.16 Å². The fourth-order valence-electron chi connectivity index (χ4n) is 0.572. The van der Waals surface area contributed by atoms with E-state index in [9.17, 15) is 0 Å². The molecule has 0 amide bonds. The van der Waals surface area contributed by atoms with E-state index in [4.69, 9.17) is 23.2 Å². The first-order chi connectivity index (χ1) is 4.74. The van der Waals surface area contributed by atoms with Crippen molar-refractivity contribution in [1.29, 1.82) is 0 Å². The molecule has 0 fully saturated rings. The molecule has 0 spiro atoms. The monoisotopic (exact) mass is 193 g/mol. The van der Waals surface area contributed by atoms with Crippen molar-refractivity contribution in [3.05, 3.63) is 28.0 Å². The van der Waals surface area contributed by atoms with Crippen LogP contribution in [0.5, 0.6) is 0 Å². The topological polar surface area (TPSA) is 12.9 Å². The van der Waals surface area contributed by atoms with E-state index in [2.05, 4.69) is 14.2 Å². The zero-order chi connectivity index (χ0) is 7.56. The summed E-state index contributed by atoms with van der Waals surface area (Å²) in [6.07, 6.45) is 2.56. The van der Waals surface area contributed by atoms with Crippen molar-refractivity contribution in [1.82, 2.24) is 4.98 Å². The number of halogens is 2. The summed E-state index contributed by atoms with van der Waals surface area (Å²) in [5.41, 5.74) is 1.07. The van der Waals surface area contributed by atoms with Crippen LogP contribution in [0.15, 0.2) is 12.3 Å². The second-order valence-corrected chi connectivity index (χ2v) is 2.99. The number of hydrogen-bond acceptors (Lipinski definition) is 1. The molecule has 0 aromatic carbocycles. The second-order valence-electron chi connectivity index (χ2n) is 1.82. The Morgan fingerprint density at radius 3 is 2.70 bits per heavy atom. The second kappa shape index (κ2) is 3.52. The van der Waals surface area contributed by atoms with E-state index >= 15 is 0 Å². The summed E-state index contributed by atoms with van der Waals surface area (Å²) in [5, 5.41) is 0.880. The van der Waals surface area contributed by atoms with E-state index in [1.165, 1.54) is 0 Å². The van der Waals surface area contributed by atoms with Gasteiger partial charge in [-0.05, 0) is 17.8 Å².